The largest absolute Gasteiger partial charge is 0.497 e. The molecule has 25 heteroatoms. The van der Waals surface area contributed by atoms with E-state index in [1.807, 2.05) is 106 Å². The van der Waals surface area contributed by atoms with Crippen molar-refractivity contribution < 1.29 is 57.0 Å². The van der Waals surface area contributed by atoms with E-state index in [1.165, 1.54) is 49.8 Å². The Kier molecular flexibility index (Phi) is 20.7. The number of rotatable bonds is 29. The molecule has 0 bridgehead atoms. The Bertz CT molecular complexity index is 3510. The molecular weight excluding hydrogens is 1130 g/mol. The number of ether oxygens (including phenoxy) is 6. The second-order valence-corrected chi connectivity index (χ2v) is 21.5. The maximum atomic E-state index is 13.5. The van der Waals surface area contributed by atoms with Crippen molar-refractivity contribution >= 4 is 48.8 Å². The number of nitrogens with one attached hydrogen (secondary N) is 1. The van der Waals surface area contributed by atoms with Gasteiger partial charge < -0.3 is 37.5 Å². The molecule has 0 saturated carbocycles. The second kappa shape index (κ2) is 28.8. The number of benzene rings is 6. The SMILES string of the molecule is CCN(C(C)C)P(OCCc1ccc([N+](=O)[O-])cc1)O[C@H]1[C@@H](OC)[C@H](n2cnc3c(OCCc4ccc([N+](=O)[O-])cc4)nc(NC(=O)OCCc4ccc([N+](=O)[O-])cc4)nc32)O[C@@H]1COC(c1ccccc1)(c1ccccc1)c1ccc(OC)cc1. The lowest BCUT2D eigenvalue weighted by Crippen LogP contribution is -2.42. The van der Waals surface area contributed by atoms with Gasteiger partial charge in [-0.3, -0.25) is 40.2 Å². The minimum Gasteiger partial charge on any atom is -0.497 e. The molecule has 5 atom stereocenters. The van der Waals surface area contributed by atoms with Gasteiger partial charge in [0.25, 0.3) is 25.6 Å². The molecule has 2 aromatic heterocycles. The number of nitro groups is 3. The van der Waals surface area contributed by atoms with Gasteiger partial charge in [-0.1, -0.05) is 116 Å². The van der Waals surface area contributed by atoms with Crippen LogP contribution in [0.3, 0.4) is 0 Å². The predicted molar refractivity (Wildman–Crippen MR) is 318 cm³/mol. The van der Waals surface area contributed by atoms with Crippen molar-refractivity contribution in [1.29, 1.82) is 0 Å². The molecule has 1 aliphatic rings. The first-order valence-electron chi connectivity index (χ1n) is 27.6. The first-order chi connectivity index (χ1) is 41.7. The normalized spacial score (nSPS) is 16.3. The highest BCUT2D eigenvalue weighted by Gasteiger charge is 2.51. The van der Waals surface area contributed by atoms with Crippen molar-refractivity contribution in [1.82, 2.24) is 24.2 Å². The van der Waals surface area contributed by atoms with Crippen LogP contribution in [0.5, 0.6) is 11.6 Å². The van der Waals surface area contributed by atoms with Gasteiger partial charge in [-0.25, -0.2) is 14.4 Å². The van der Waals surface area contributed by atoms with Crippen LogP contribution in [-0.2, 0) is 52.9 Å². The third kappa shape index (κ3) is 14.6. The van der Waals surface area contributed by atoms with Crippen LogP contribution in [0.15, 0.2) is 164 Å². The zero-order chi connectivity index (χ0) is 60.7. The number of methoxy groups -OCH3 is 2. The van der Waals surface area contributed by atoms with Crippen molar-refractivity contribution in [3.8, 4) is 11.6 Å². The Balaban J connectivity index is 1.09. The van der Waals surface area contributed by atoms with Crippen LogP contribution in [-0.4, -0.2) is 117 Å². The van der Waals surface area contributed by atoms with E-state index in [4.69, 9.17) is 47.4 Å². The van der Waals surface area contributed by atoms with Crippen molar-refractivity contribution in [2.45, 2.75) is 76.2 Å². The van der Waals surface area contributed by atoms with Gasteiger partial charge in [0.15, 0.2) is 17.4 Å². The zero-order valence-electron chi connectivity index (χ0n) is 47.8. The second-order valence-electron chi connectivity index (χ2n) is 20.0. The molecule has 3 heterocycles. The first-order valence-corrected chi connectivity index (χ1v) is 28.8. The quantitative estimate of drug-likeness (QED) is 0.0197. The molecule has 0 radical (unpaired) electrons. The van der Waals surface area contributed by atoms with Crippen molar-refractivity contribution in [3.63, 3.8) is 0 Å². The van der Waals surface area contributed by atoms with Crippen LogP contribution in [0.1, 0.15) is 60.4 Å². The summed E-state index contributed by atoms with van der Waals surface area (Å²) < 4.78 is 56.3. The number of aromatic nitrogens is 4. The number of hydrogen-bond donors (Lipinski definition) is 1. The van der Waals surface area contributed by atoms with Gasteiger partial charge in [0.2, 0.25) is 11.8 Å². The van der Waals surface area contributed by atoms with Gasteiger partial charge >= 0.3 is 6.09 Å². The molecule has 1 fully saturated rings. The number of nitro benzene ring substituents is 3. The molecule has 448 valence electrons. The Hall–Kier alpha value is -8.87. The van der Waals surface area contributed by atoms with E-state index in [9.17, 15) is 35.1 Å². The Morgan fingerprint density at radius 2 is 1.22 bits per heavy atom. The van der Waals surface area contributed by atoms with Gasteiger partial charge in [-0.15, -0.1) is 0 Å². The van der Waals surface area contributed by atoms with Crippen molar-refractivity contribution in [3.05, 3.63) is 228 Å². The predicted octanol–water partition coefficient (Wildman–Crippen LogP) is 11.5. The molecule has 1 N–H and O–H groups in total. The number of nitrogens with zero attached hydrogens (tertiary/aromatic N) is 8. The number of hydrogen-bond acceptors (Lipinski definition) is 19. The van der Waals surface area contributed by atoms with Gasteiger partial charge in [-0.05, 0) is 65.8 Å². The fourth-order valence-corrected chi connectivity index (χ4v) is 11.6. The third-order valence-electron chi connectivity index (χ3n) is 14.4. The fraction of sp³-hybridized carbons (Fsp3) is 0.311. The molecule has 1 unspecified atom stereocenters. The Labute approximate surface area is 496 Å². The molecule has 1 amide bonds. The molecule has 86 heavy (non-hydrogen) atoms. The molecule has 9 rings (SSSR count). The number of imidazole rings is 1. The molecule has 1 saturated heterocycles. The number of amides is 1. The average Bonchev–Trinajstić information content (AvgIpc) is 1.87. The Morgan fingerprint density at radius 1 is 0.698 bits per heavy atom. The topological polar surface area (TPSA) is 279 Å². The third-order valence-corrected chi connectivity index (χ3v) is 16.4. The Morgan fingerprint density at radius 3 is 1.72 bits per heavy atom. The lowest BCUT2D eigenvalue weighted by molar-refractivity contribution is -0.385. The van der Waals surface area contributed by atoms with Crippen LogP contribution >= 0.6 is 8.53 Å². The van der Waals surface area contributed by atoms with E-state index in [0.717, 1.165) is 27.8 Å². The number of carbonyl (C=O) groups excluding carboxylic acids is 1. The summed E-state index contributed by atoms with van der Waals surface area (Å²) in [6.45, 7) is 6.64. The summed E-state index contributed by atoms with van der Waals surface area (Å²) in [5, 5.41) is 36.7. The van der Waals surface area contributed by atoms with Crippen LogP contribution < -0.4 is 14.8 Å². The van der Waals surface area contributed by atoms with E-state index in [0.29, 0.717) is 30.7 Å². The molecule has 0 spiro atoms. The van der Waals surface area contributed by atoms with Crippen molar-refractivity contribution in [2.75, 3.05) is 52.5 Å². The number of fused-ring (bicyclic) bond motifs is 1. The standard InChI is InChI=1S/C61H64N9O15P/c1-6-67(41(2)3)86(83-38-35-44-21-29-50(30-22-44)70(76)77)85-54-52(39-82-61(45-13-9-7-10-14-45,46-15-11-8-12-16-46)47-23-31-51(78-4)32-24-47)84-58(55(54)79-5)66-40-62-53-56(66)63-59(64-57(53)80-36-33-42-17-25-48(26-18-42)68(72)73)65-60(71)81-37-34-43-19-27-49(28-20-43)69(74)75/h7-32,40-41,52,54-55,58H,6,33-39H2,1-5H3,(H,63,64,65,71)/t52-,54-,55-,58-,86?/m1/s1. The summed E-state index contributed by atoms with van der Waals surface area (Å²) in [6, 6.07) is 45.6. The smallest absolute Gasteiger partial charge is 0.414 e. The summed E-state index contributed by atoms with van der Waals surface area (Å²) in [6.07, 6.45) is -2.31. The van der Waals surface area contributed by atoms with Crippen LogP contribution in [0.25, 0.3) is 11.2 Å². The minimum atomic E-state index is -1.91. The molecule has 1 aliphatic heterocycles. The zero-order valence-corrected chi connectivity index (χ0v) is 48.7. The van der Waals surface area contributed by atoms with Crippen molar-refractivity contribution in [2.24, 2.45) is 0 Å². The fourth-order valence-electron chi connectivity index (χ4n) is 9.99. The van der Waals surface area contributed by atoms with Crippen LogP contribution in [0.4, 0.5) is 27.8 Å². The van der Waals surface area contributed by atoms with Crippen LogP contribution in [0.2, 0.25) is 0 Å². The summed E-state index contributed by atoms with van der Waals surface area (Å²) in [5.41, 5.74) is 3.65. The van der Waals surface area contributed by atoms with E-state index in [2.05, 4.69) is 15.0 Å². The number of carbonyl (C=O) groups is 1. The van der Waals surface area contributed by atoms with Gasteiger partial charge in [0.05, 0.1) is 54.6 Å². The van der Waals surface area contributed by atoms with E-state index >= 15 is 0 Å². The van der Waals surface area contributed by atoms with E-state index in [-0.39, 0.29) is 78.9 Å². The highest BCUT2D eigenvalue weighted by Crippen LogP contribution is 2.51. The highest BCUT2D eigenvalue weighted by molar-refractivity contribution is 7.44. The lowest BCUT2D eigenvalue weighted by atomic mass is 9.80. The monoisotopic (exact) mass is 1190 g/mol. The van der Waals surface area contributed by atoms with Crippen LogP contribution in [0, 0.1) is 30.3 Å². The summed E-state index contributed by atoms with van der Waals surface area (Å²) >= 11 is 0. The molecule has 8 aromatic rings. The van der Waals surface area contributed by atoms with Gasteiger partial charge in [-0.2, -0.15) is 9.97 Å². The minimum absolute atomic E-state index is 0.0213. The lowest BCUT2D eigenvalue weighted by Gasteiger charge is -2.38. The maximum Gasteiger partial charge on any atom is 0.414 e. The number of non-ortho nitro benzene ring substituents is 3. The summed E-state index contributed by atoms with van der Waals surface area (Å²) in [4.78, 5) is 60.3. The molecule has 0 aliphatic carbocycles. The van der Waals surface area contributed by atoms with Gasteiger partial charge in [0, 0.05) is 68.9 Å². The average molecular weight is 1190 g/mol. The van der Waals surface area contributed by atoms with Gasteiger partial charge in [0.1, 0.15) is 29.7 Å². The number of anilines is 1. The summed E-state index contributed by atoms with van der Waals surface area (Å²) in [7, 11) is 1.24. The molecule has 6 aromatic carbocycles. The first kappa shape index (κ1) is 61.7. The summed E-state index contributed by atoms with van der Waals surface area (Å²) in [5.74, 6) is 0.408. The molecular formula is C61H64N9O15P. The molecule has 24 nitrogen and oxygen atoms in total. The van der Waals surface area contributed by atoms with E-state index < -0.39 is 59.5 Å². The highest BCUT2D eigenvalue weighted by atomic mass is 31.2. The maximum absolute atomic E-state index is 13.5. The van der Waals surface area contributed by atoms with E-state index in [1.54, 1.807) is 48.1 Å².